The van der Waals surface area contributed by atoms with E-state index < -0.39 is 0 Å². The highest BCUT2D eigenvalue weighted by atomic mass is 16.5. The molecule has 1 aromatic heterocycles. The van der Waals surface area contributed by atoms with Crippen molar-refractivity contribution in [1.82, 2.24) is 5.16 Å². The van der Waals surface area contributed by atoms with E-state index in [0.29, 0.717) is 5.88 Å². The Kier molecular flexibility index (Phi) is 1.48. The quantitative estimate of drug-likeness (QED) is 0.548. The molecule has 0 aromatic carbocycles. The van der Waals surface area contributed by atoms with E-state index in [2.05, 4.69) is 9.68 Å². The third kappa shape index (κ3) is 0.974. The fraction of sp³-hybridized carbons (Fsp3) is 0.250. The van der Waals surface area contributed by atoms with Crippen LogP contribution in [-0.2, 0) is 0 Å². The molecule has 0 aliphatic rings. The van der Waals surface area contributed by atoms with Gasteiger partial charge in [0.1, 0.15) is 13.0 Å². The Bertz CT molecular complexity index is 138. The van der Waals surface area contributed by atoms with Crippen LogP contribution in [0.5, 0.6) is 5.88 Å². The maximum absolute atomic E-state index is 5.02. The van der Waals surface area contributed by atoms with Crippen LogP contribution in [-0.4, -0.2) is 11.9 Å². The molecular weight excluding hydrogens is 108 g/mol. The Morgan fingerprint density at radius 1 is 1.88 bits per heavy atom. The standard InChI is InChI=1S/C4H6N2O2/c5-3-7-4-1-2-8-6-4/h1-2H,3,5H2. The van der Waals surface area contributed by atoms with Gasteiger partial charge in [-0.2, -0.15) is 0 Å². The van der Waals surface area contributed by atoms with Gasteiger partial charge in [-0.1, -0.05) is 0 Å². The molecule has 1 rings (SSSR count). The van der Waals surface area contributed by atoms with Gasteiger partial charge in [0.2, 0.25) is 0 Å². The molecule has 0 radical (unpaired) electrons. The Morgan fingerprint density at radius 2 is 2.75 bits per heavy atom. The Labute approximate surface area is 46.2 Å². The number of nitrogens with two attached hydrogens (primary N) is 1. The first-order chi connectivity index (χ1) is 3.93. The van der Waals surface area contributed by atoms with E-state index in [0.717, 1.165) is 0 Å². The number of hydrogen-bond acceptors (Lipinski definition) is 4. The molecule has 2 N–H and O–H groups in total. The summed E-state index contributed by atoms with van der Waals surface area (Å²) < 4.78 is 9.16. The summed E-state index contributed by atoms with van der Waals surface area (Å²) in [4.78, 5) is 0. The van der Waals surface area contributed by atoms with Gasteiger partial charge in [0.05, 0.1) is 0 Å². The van der Waals surface area contributed by atoms with Crippen LogP contribution < -0.4 is 10.5 Å². The van der Waals surface area contributed by atoms with Gasteiger partial charge >= 0.3 is 0 Å². The molecule has 0 saturated carbocycles. The van der Waals surface area contributed by atoms with E-state index in [1.54, 1.807) is 6.07 Å². The minimum atomic E-state index is 0.131. The highest BCUT2D eigenvalue weighted by molar-refractivity contribution is 5.01. The molecule has 44 valence electrons. The number of rotatable bonds is 2. The molecular formula is C4H6N2O2. The molecule has 0 saturated heterocycles. The molecule has 0 aliphatic heterocycles. The topological polar surface area (TPSA) is 61.3 Å². The van der Waals surface area contributed by atoms with E-state index in [1.807, 2.05) is 0 Å². The van der Waals surface area contributed by atoms with E-state index in [4.69, 9.17) is 10.5 Å². The van der Waals surface area contributed by atoms with Crippen LogP contribution in [0.1, 0.15) is 0 Å². The second kappa shape index (κ2) is 2.32. The van der Waals surface area contributed by atoms with Crippen LogP contribution >= 0.6 is 0 Å². The van der Waals surface area contributed by atoms with Crippen molar-refractivity contribution in [3.05, 3.63) is 12.3 Å². The summed E-state index contributed by atoms with van der Waals surface area (Å²) in [6.07, 6.45) is 1.42. The third-order valence-electron chi connectivity index (χ3n) is 0.645. The number of aromatic nitrogens is 1. The van der Waals surface area contributed by atoms with Crippen molar-refractivity contribution in [2.45, 2.75) is 0 Å². The van der Waals surface area contributed by atoms with Crippen molar-refractivity contribution in [2.75, 3.05) is 6.73 Å². The van der Waals surface area contributed by atoms with Crippen LogP contribution in [0.25, 0.3) is 0 Å². The van der Waals surface area contributed by atoms with E-state index in [-0.39, 0.29) is 6.73 Å². The summed E-state index contributed by atoms with van der Waals surface area (Å²) in [6.45, 7) is 0.131. The van der Waals surface area contributed by atoms with Crippen molar-refractivity contribution in [2.24, 2.45) is 5.73 Å². The zero-order valence-corrected chi connectivity index (χ0v) is 4.20. The van der Waals surface area contributed by atoms with E-state index in [1.165, 1.54) is 6.26 Å². The predicted molar refractivity (Wildman–Crippen MR) is 26.2 cm³/mol. The minimum Gasteiger partial charge on any atom is -0.460 e. The summed E-state index contributed by atoms with van der Waals surface area (Å²) in [6, 6.07) is 1.59. The molecule has 4 heteroatoms. The fourth-order valence-corrected chi connectivity index (χ4v) is 0.361. The predicted octanol–water partition coefficient (Wildman–Crippen LogP) is -0.0304. The Morgan fingerprint density at radius 3 is 3.25 bits per heavy atom. The zero-order valence-electron chi connectivity index (χ0n) is 4.20. The van der Waals surface area contributed by atoms with Gasteiger partial charge in [-0.25, -0.2) is 0 Å². The first-order valence-corrected chi connectivity index (χ1v) is 2.16. The largest absolute Gasteiger partial charge is 0.460 e. The minimum absolute atomic E-state index is 0.131. The van der Waals surface area contributed by atoms with Crippen LogP contribution in [0.4, 0.5) is 0 Å². The molecule has 0 amide bonds. The van der Waals surface area contributed by atoms with Crippen molar-refractivity contribution < 1.29 is 9.26 Å². The van der Waals surface area contributed by atoms with Crippen LogP contribution in [0.3, 0.4) is 0 Å². The highest BCUT2D eigenvalue weighted by Crippen LogP contribution is 2.01. The smallest absolute Gasteiger partial charge is 0.255 e. The van der Waals surface area contributed by atoms with Crippen molar-refractivity contribution in [3.63, 3.8) is 0 Å². The van der Waals surface area contributed by atoms with Gasteiger partial charge in [-0.05, 0) is 5.16 Å². The normalized spacial score (nSPS) is 9.12. The summed E-state index contributed by atoms with van der Waals surface area (Å²) in [5.41, 5.74) is 5.02. The van der Waals surface area contributed by atoms with Gasteiger partial charge in [-0.3, -0.25) is 5.73 Å². The molecule has 8 heavy (non-hydrogen) atoms. The zero-order chi connectivity index (χ0) is 5.82. The summed E-state index contributed by atoms with van der Waals surface area (Å²) in [7, 11) is 0. The van der Waals surface area contributed by atoms with Crippen LogP contribution in [0.2, 0.25) is 0 Å². The number of ether oxygens (including phenoxy) is 1. The lowest BCUT2D eigenvalue weighted by molar-refractivity contribution is 0.287. The molecule has 0 atom stereocenters. The van der Waals surface area contributed by atoms with Gasteiger partial charge in [0, 0.05) is 6.07 Å². The lowest BCUT2D eigenvalue weighted by Crippen LogP contribution is -2.07. The third-order valence-corrected chi connectivity index (χ3v) is 0.645. The van der Waals surface area contributed by atoms with Crippen LogP contribution in [0, 0.1) is 0 Å². The van der Waals surface area contributed by atoms with Crippen molar-refractivity contribution in [1.29, 1.82) is 0 Å². The molecule has 1 heterocycles. The maximum Gasteiger partial charge on any atom is 0.255 e. The molecule has 0 spiro atoms. The molecule has 0 aliphatic carbocycles. The molecule has 0 bridgehead atoms. The Balaban J connectivity index is 2.50. The van der Waals surface area contributed by atoms with E-state index in [9.17, 15) is 0 Å². The van der Waals surface area contributed by atoms with Crippen LogP contribution in [0.15, 0.2) is 16.9 Å². The molecule has 1 aromatic rings. The summed E-state index contributed by atoms with van der Waals surface area (Å²) >= 11 is 0. The first-order valence-electron chi connectivity index (χ1n) is 2.16. The van der Waals surface area contributed by atoms with Gasteiger partial charge in [0.15, 0.2) is 0 Å². The average molecular weight is 114 g/mol. The van der Waals surface area contributed by atoms with Gasteiger partial charge in [0.25, 0.3) is 5.88 Å². The molecule has 0 unspecified atom stereocenters. The van der Waals surface area contributed by atoms with E-state index >= 15 is 0 Å². The second-order valence-electron chi connectivity index (χ2n) is 1.15. The average Bonchev–Trinajstić information content (AvgIpc) is 2.19. The molecule has 0 fully saturated rings. The number of nitrogens with zero attached hydrogens (tertiary/aromatic N) is 1. The maximum atomic E-state index is 5.02. The second-order valence-corrected chi connectivity index (χ2v) is 1.15. The summed E-state index contributed by atoms with van der Waals surface area (Å²) in [5.74, 6) is 0.424. The summed E-state index contributed by atoms with van der Waals surface area (Å²) in [5, 5.41) is 3.43. The SMILES string of the molecule is NCOc1ccon1. The van der Waals surface area contributed by atoms with Gasteiger partial charge < -0.3 is 9.26 Å². The number of hydrogen-bond donors (Lipinski definition) is 1. The Hall–Kier alpha value is -1.03. The molecule has 4 nitrogen and oxygen atoms in total. The van der Waals surface area contributed by atoms with Gasteiger partial charge in [-0.15, -0.1) is 0 Å². The lowest BCUT2D eigenvalue weighted by Gasteiger charge is -1.91. The monoisotopic (exact) mass is 114 g/mol. The lowest BCUT2D eigenvalue weighted by atomic mass is 10.7. The fourth-order valence-electron chi connectivity index (χ4n) is 0.361. The van der Waals surface area contributed by atoms with Crippen molar-refractivity contribution in [3.8, 4) is 5.88 Å². The highest BCUT2D eigenvalue weighted by Gasteiger charge is 1.90. The first kappa shape index (κ1) is 5.11. The van der Waals surface area contributed by atoms with Crippen molar-refractivity contribution >= 4 is 0 Å².